The third-order valence-corrected chi connectivity index (χ3v) is 3.65. The number of pyridine rings is 1. The maximum absolute atomic E-state index is 5.68. The van der Waals surface area contributed by atoms with Crippen LogP contribution in [0, 0.1) is 0 Å². The largest absolute Gasteiger partial charge is 0.495 e. The molecule has 1 aromatic heterocycles. The van der Waals surface area contributed by atoms with Crippen molar-refractivity contribution in [3.05, 3.63) is 53.9 Å². The highest BCUT2D eigenvalue weighted by Gasteiger charge is 2.18. The predicted molar refractivity (Wildman–Crippen MR) is 78.2 cm³/mol. The summed E-state index contributed by atoms with van der Waals surface area (Å²) in [5.74, 6) is 6.40. The Hall–Kier alpha value is -1.56. The topological polar surface area (TPSA) is 60.2 Å². The summed E-state index contributed by atoms with van der Waals surface area (Å²) in [6.45, 7) is 0. The van der Waals surface area contributed by atoms with Crippen molar-refractivity contribution in [3.8, 4) is 5.75 Å². The second-order valence-electron chi connectivity index (χ2n) is 3.96. The number of ether oxygens (including phenoxy) is 1. The van der Waals surface area contributed by atoms with Crippen LogP contribution in [0.1, 0.15) is 17.3 Å². The zero-order chi connectivity index (χ0) is 13.7. The Morgan fingerprint density at radius 2 is 2.00 bits per heavy atom. The Kier molecular flexibility index (Phi) is 4.79. The van der Waals surface area contributed by atoms with Gasteiger partial charge in [0.25, 0.3) is 0 Å². The summed E-state index contributed by atoms with van der Waals surface area (Å²) in [6.07, 6.45) is 3.79. The number of nitrogens with two attached hydrogens (primary N) is 1. The first kappa shape index (κ1) is 13.9. The lowest BCUT2D eigenvalue weighted by Gasteiger charge is -2.18. The maximum Gasteiger partial charge on any atom is 0.142 e. The van der Waals surface area contributed by atoms with Crippen molar-refractivity contribution in [1.29, 1.82) is 0 Å². The van der Waals surface area contributed by atoms with E-state index >= 15 is 0 Å². The van der Waals surface area contributed by atoms with Gasteiger partial charge in [0, 0.05) is 11.1 Å². The van der Waals surface area contributed by atoms with Crippen molar-refractivity contribution in [2.45, 2.75) is 10.9 Å². The second kappa shape index (κ2) is 6.56. The summed E-state index contributed by atoms with van der Waals surface area (Å²) in [6, 6.07) is 11.8. The molecular weight excluding hydrogens is 258 g/mol. The van der Waals surface area contributed by atoms with Crippen molar-refractivity contribution >= 4 is 11.8 Å². The first-order chi connectivity index (χ1) is 9.30. The molecule has 1 heterocycles. The summed E-state index contributed by atoms with van der Waals surface area (Å²) in [5, 5.41) is 0. The molecule has 3 N–H and O–H groups in total. The predicted octanol–water partition coefficient (Wildman–Crippen LogP) is 2.36. The van der Waals surface area contributed by atoms with E-state index in [1.54, 1.807) is 25.1 Å². The molecule has 0 fully saturated rings. The average molecular weight is 275 g/mol. The fraction of sp³-hybridized carbons (Fsp3) is 0.214. The van der Waals surface area contributed by atoms with E-state index in [4.69, 9.17) is 10.6 Å². The number of benzene rings is 1. The van der Waals surface area contributed by atoms with E-state index in [-0.39, 0.29) is 6.04 Å². The number of hydrogen-bond donors (Lipinski definition) is 2. The van der Waals surface area contributed by atoms with Crippen LogP contribution in [0.3, 0.4) is 0 Å². The van der Waals surface area contributed by atoms with Crippen LogP contribution in [-0.2, 0) is 0 Å². The molecule has 0 spiro atoms. The number of hydrazine groups is 1. The molecule has 2 rings (SSSR count). The Balaban J connectivity index is 2.37. The Morgan fingerprint density at radius 1 is 1.26 bits per heavy atom. The van der Waals surface area contributed by atoms with E-state index in [1.807, 2.05) is 24.3 Å². The summed E-state index contributed by atoms with van der Waals surface area (Å²) in [4.78, 5) is 5.58. The van der Waals surface area contributed by atoms with Gasteiger partial charge in [0.15, 0.2) is 0 Å². The number of thioether (sulfide) groups is 1. The van der Waals surface area contributed by atoms with Crippen LogP contribution in [0.15, 0.2) is 47.5 Å². The van der Waals surface area contributed by atoms with Gasteiger partial charge in [0.2, 0.25) is 0 Å². The zero-order valence-corrected chi connectivity index (χ0v) is 11.8. The van der Waals surface area contributed by atoms with Crippen LogP contribution in [0.4, 0.5) is 0 Å². The monoisotopic (exact) mass is 275 g/mol. The molecule has 100 valence electrons. The first-order valence-electron chi connectivity index (χ1n) is 5.89. The van der Waals surface area contributed by atoms with Gasteiger partial charge in [-0.1, -0.05) is 12.1 Å². The minimum Gasteiger partial charge on any atom is -0.495 e. The van der Waals surface area contributed by atoms with Gasteiger partial charge in [-0.25, -0.2) is 5.43 Å². The smallest absolute Gasteiger partial charge is 0.142 e. The number of rotatable bonds is 5. The van der Waals surface area contributed by atoms with Crippen LogP contribution in [0.2, 0.25) is 0 Å². The minimum absolute atomic E-state index is 0.188. The summed E-state index contributed by atoms with van der Waals surface area (Å²) in [7, 11) is 1.63. The zero-order valence-electron chi connectivity index (χ0n) is 11.0. The number of methoxy groups -OCH3 is 1. The lowest BCUT2D eigenvalue weighted by atomic mass is 10.0. The number of nitrogens with zero attached hydrogens (tertiary/aromatic N) is 1. The lowest BCUT2D eigenvalue weighted by Crippen LogP contribution is -2.29. The van der Waals surface area contributed by atoms with Gasteiger partial charge in [0.1, 0.15) is 11.4 Å². The minimum atomic E-state index is -0.188. The standard InChI is InChI=1S/C14H17N3OS/c1-18-12-4-3-9-16-14(12)13(17-15)10-5-7-11(19-2)8-6-10/h3-9,13,17H,15H2,1-2H3. The Bertz CT molecular complexity index is 530. The fourth-order valence-corrected chi connectivity index (χ4v) is 2.33. The van der Waals surface area contributed by atoms with Crippen molar-refractivity contribution < 1.29 is 4.74 Å². The van der Waals surface area contributed by atoms with E-state index in [9.17, 15) is 0 Å². The van der Waals surface area contributed by atoms with Crippen molar-refractivity contribution in [3.63, 3.8) is 0 Å². The lowest BCUT2D eigenvalue weighted by molar-refractivity contribution is 0.400. The van der Waals surface area contributed by atoms with Gasteiger partial charge in [-0.2, -0.15) is 0 Å². The van der Waals surface area contributed by atoms with Gasteiger partial charge < -0.3 is 4.74 Å². The third kappa shape index (κ3) is 3.07. The molecule has 0 radical (unpaired) electrons. The second-order valence-corrected chi connectivity index (χ2v) is 4.84. The van der Waals surface area contributed by atoms with Crippen molar-refractivity contribution in [2.75, 3.05) is 13.4 Å². The molecule has 0 aliphatic carbocycles. The maximum atomic E-state index is 5.68. The van der Waals surface area contributed by atoms with E-state index in [0.717, 1.165) is 17.0 Å². The number of nitrogens with one attached hydrogen (secondary N) is 1. The fourth-order valence-electron chi connectivity index (χ4n) is 1.92. The van der Waals surface area contributed by atoms with E-state index < -0.39 is 0 Å². The molecule has 1 atom stereocenters. The average Bonchev–Trinajstić information content (AvgIpc) is 2.49. The normalized spacial score (nSPS) is 12.2. The van der Waals surface area contributed by atoms with Gasteiger partial charge in [0.05, 0.1) is 13.2 Å². The SMILES string of the molecule is COc1cccnc1C(NN)c1ccc(SC)cc1. The molecule has 4 nitrogen and oxygen atoms in total. The van der Waals surface area contributed by atoms with Crippen LogP contribution in [0.25, 0.3) is 0 Å². The quantitative estimate of drug-likeness (QED) is 0.498. The van der Waals surface area contributed by atoms with E-state index in [1.165, 1.54) is 4.90 Å². The highest BCUT2D eigenvalue weighted by atomic mass is 32.2. The molecule has 0 aliphatic heterocycles. The molecule has 0 aliphatic rings. The Morgan fingerprint density at radius 3 is 2.58 bits per heavy atom. The van der Waals surface area contributed by atoms with Crippen molar-refractivity contribution in [1.82, 2.24) is 10.4 Å². The molecule has 0 bridgehead atoms. The van der Waals surface area contributed by atoms with E-state index in [2.05, 4.69) is 28.8 Å². The highest BCUT2D eigenvalue weighted by molar-refractivity contribution is 7.98. The number of aromatic nitrogens is 1. The Labute approximate surface area is 117 Å². The molecule has 5 heteroatoms. The summed E-state index contributed by atoms with van der Waals surface area (Å²) >= 11 is 1.71. The molecule has 0 saturated heterocycles. The molecule has 1 unspecified atom stereocenters. The van der Waals surface area contributed by atoms with Gasteiger partial charge >= 0.3 is 0 Å². The van der Waals surface area contributed by atoms with Crippen LogP contribution in [-0.4, -0.2) is 18.3 Å². The molecule has 19 heavy (non-hydrogen) atoms. The van der Waals surface area contributed by atoms with Gasteiger partial charge in [-0.3, -0.25) is 10.8 Å². The van der Waals surface area contributed by atoms with Crippen LogP contribution >= 0.6 is 11.8 Å². The first-order valence-corrected chi connectivity index (χ1v) is 7.11. The molecule has 0 saturated carbocycles. The van der Waals surface area contributed by atoms with Crippen LogP contribution < -0.4 is 16.0 Å². The van der Waals surface area contributed by atoms with Gasteiger partial charge in [-0.15, -0.1) is 11.8 Å². The van der Waals surface area contributed by atoms with E-state index in [0.29, 0.717) is 0 Å². The summed E-state index contributed by atoms with van der Waals surface area (Å²) < 4.78 is 5.33. The molecule has 2 aromatic rings. The molecule has 0 amide bonds. The summed E-state index contributed by atoms with van der Waals surface area (Å²) in [5.41, 5.74) is 4.63. The van der Waals surface area contributed by atoms with Crippen molar-refractivity contribution in [2.24, 2.45) is 5.84 Å². The highest BCUT2D eigenvalue weighted by Crippen LogP contribution is 2.28. The molecule has 1 aromatic carbocycles. The third-order valence-electron chi connectivity index (χ3n) is 2.91. The van der Waals surface area contributed by atoms with Crippen LogP contribution in [0.5, 0.6) is 5.75 Å². The molecular formula is C14H17N3OS. The number of hydrogen-bond acceptors (Lipinski definition) is 5. The van der Waals surface area contributed by atoms with Gasteiger partial charge in [-0.05, 0) is 36.1 Å².